The summed E-state index contributed by atoms with van der Waals surface area (Å²) in [5, 5.41) is 12.4. The van der Waals surface area contributed by atoms with E-state index in [0.717, 1.165) is 43.1 Å². The maximum Gasteiger partial charge on any atom is 0.433 e. The van der Waals surface area contributed by atoms with Crippen LogP contribution in [0.25, 0.3) is 0 Å². The van der Waals surface area contributed by atoms with Crippen LogP contribution in [0.15, 0.2) is 30.5 Å². The van der Waals surface area contributed by atoms with Crippen LogP contribution >= 0.6 is 0 Å². The van der Waals surface area contributed by atoms with Crippen LogP contribution in [0.2, 0.25) is 0 Å². The van der Waals surface area contributed by atoms with E-state index in [0.29, 0.717) is 30.5 Å². The van der Waals surface area contributed by atoms with Crippen molar-refractivity contribution in [3.63, 3.8) is 0 Å². The highest BCUT2D eigenvalue weighted by molar-refractivity contribution is 5.48. The van der Waals surface area contributed by atoms with Crippen molar-refractivity contribution >= 4 is 5.82 Å². The second-order valence-corrected chi connectivity index (χ2v) is 8.12. The molecule has 1 aliphatic heterocycles. The lowest BCUT2D eigenvalue weighted by molar-refractivity contribution is -0.141. The summed E-state index contributed by atoms with van der Waals surface area (Å²) in [5.74, 6) is 1.19. The van der Waals surface area contributed by atoms with Gasteiger partial charge < -0.3 is 15.3 Å². The van der Waals surface area contributed by atoms with Gasteiger partial charge in [-0.05, 0) is 42.4 Å². The number of nitrogens with zero attached hydrogens (tertiary/aromatic N) is 3. The van der Waals surface area contributed by atoms with E-state index in [1.165, 1.54) is 0 Å². The van der Waals surface area contributed by atoms with Gasteiger partial charge in [0.2, 0.25) is 0 Å². The SMILES string of the molecule is CC1CCN(c2nc(C(F)(F)F)ccc2CNCC(C)c2ccc(CO)nc2)CC1. The Morgan fingerprint density at radius 1 is 1.20 bits per heavy atom. The Morgan fingerprint density at radius 2 is 1.93 bits per heavy atom. The van der Waals surface area contributed by atoms with Crippen molar-refractivity contribution in [1.82, 2.24) is 15.3 Å². The second-order valence-electron chi connectivity index (χ2n) is 8.12. The molecule has 0 bridgehead atoms. The zero-order chi connectivity index (χ0) is 21.7. The summed E-state index contributed by atoms with van der Waals surface area (Å²) in [4.78, 5) is 10.2. The molecule has 3 rings (SSSR count). The van der Waals surface area contributed by atoms with E-state index in [4.69, 9.17) is 5.11 Å². The summed E-state index contributed by atoms with van der Waals surface area (Å²) in [6, 6.07) is 6.33. The third-order valence-corrected chi connectivity index (χ3v) is 5.67. The van der Waals surface area contributed by atoms with Crippen LogP contribution in [0.3, 0.4) is 0 Å². The molecule has 164 valence electrons. The van der Waals surface area contributed by atoms with Gasteiger partial charge in [0.05, 0.1) is 12.3 Å². The number of nitrogens with one attached hydrogen (secondary N) is 1. The van der Waals surface area contributed by atoms with Gasteiger partial charge in [-0.2, -0.15) is 13.2 Å². The number of aromatic nitrogens is 2. The minimum atomic E-state index is -4.45. The molecule has 0 saturated carbocycles. The minimum Gasteiger partial charge on any atom is -0.390 e. The van der Waals surface area contributed by atoms with Gasteiger partial charge in [0.1, 0.15) is 11.5 Å². The monoisotopic (exact) mass is 422 g/mol. The van der Waals surface area contributed by atoms with Crippen molar-refractivity contribution in [2.45, 2.75) is 51.9 Å². The number of piperidine rings is 1. The maximum atomic E-state index is 13.2. The normalized spacial score (nSPS) is 16.7. The molecule has 2 aromatic heterocycles. The van der Waals surface area contributed by atoms with Gasteiger partial charge in [-0.3, -0.25) is 4.98 Å². The van der Waals surface area contributed by atoms with Gasteiger partial charge >= 0.3 is 6.18 Å². The molecule has 0 radical (unpaired) electrons. The standard InChI is InChI=1S/C22H29F3N4O/c1-15-7-9-29(10-8-15)21-18(4-6-20(28-21)22(23,24)25)12-26-11-16(2)17-3-5-19(14-30)27-13-17/h3-6,13,15-16,26,30H,7-12,14H2,1-2H3. The fourth-order valence-electron chi connectivity index (χ4n) is 3.63. The number of aliphatic hydroxyl groups is 1. The molecule has 0 aliphatic carbocycles. The van der Waals surface area contributed by atoms with Crippen molar-refractivity contribution in [2.24, 2.45) is 5.92 Å². The molecule has 0 amide bonds. The smallest absolute Gasteiger partial charge is 0.390 e. The summed E-state index contributed by atoms with van der Waals surface area (Å²) in [5.41, 5.74) is 1.59. The average Bonchev–Trinajstić information content (AvgIpc) is 2.74. The summed E-state index contributed by atoms with van der Waals surface area (Å²) in [6.45, 7) is 6.68. The first-order valence-corrected chi connectivity index (χ1v) is 10.4. The second kappa shape index (κ2) is 9.75. The highest BCUT2D eigenvalue weighted by Crippen LogP contribution is 2.32. The van der Waals surface area contributed by atoms with Crippen molar-refractivity contribution in [3.8, 4) is 0 Å². The predicted molar refractivity (Wildman–Crippen MR) is 110 cm³/mol. The first kappa shape index (κ1) is 22.5. The molecule has 0 aromatic carbocycles. The molecule has 2 N–H and O–H groups in total. The van der Waals surface area contributed by atoms with Crippen LogP contribution in [-0.4, -0.2) is 34.7 Å². The average molecular weight is 422 g/mol. The van der Waals surface area contributed by atoms with Gasteiger partial charge in [0, 0.05) is 37.9 Å². The molecule has 1 fully saturated rings. The third kappa shape index (κ3) is 5.70. The van der Waals surface area contributed by atoms with E-state index >= 15 is 0 Å². The summed E-state index contributed by atoms with van der Waals surface area (Å²) in [6.07, 6.45) is -0.790. The van der Waals surface area contributed by atoms with Gasteiger partial charge in [-0.1, -0.05) is 26.0 Å². The molecule has 1 unspecified atom stereocenters. The van der Waals surface area contributed by atoms with E-state index in [-0.39, 0.29) is 12.5 Å². The Balaban J connectivity index is 1.69. The summed E-state index contributed by atoms with van der Waals surface area (Å²) >= 11 is 0. The molecule has 2 aromatic rings. The van der Waals surface area contributed by atoms with Crippen LogP contribution in [0.5, 0.6) is 0 Å². The fraction of sp³-hybridized carbons (Fsp3) is 0.545. The minimum absolute atomic E-state index is 0.0914. The van der Waals surface area contributed by atoms with E-state index in [1.807, 2.05) is 11.0 Å². The lowest BCUT2D eigenvalue weighted by Gasteiger charge is -2.33. The van der Waals surface area contributed by atoms with Crippen molar-refractivity contribution in [3.05, 3.63) is 53.0 Å². The Hall–Kier alpha value is -2.19. The number of anilines is 1. The Morgan fingerprint density at radius 3 is 2.53 bits per heavy atom. The van der Waals surface area contributed by atoms with E-state index in [2.05, 4.69) is 29.1 Å². The quantitative estimate of drug-likeness (QED) is 0.703. The van der Waals surface area contributed by atoms with Gasteiger partial charge in [-0.15, -0.1) is 0 Å². The van der Waals surface area contributed by atoms with Crippen molar-refractivity contribution in [2.75, 3.05) is 24.5 Å². The highest BCUT2D eigenvalue weighted by Gasteiger charge is 2.34. The Labute approximate surface area is 175 Å². The molecular weight excluding hydrogens is 393 g/mol. The van der Waals surface area contributed by atoms with Crippen LogP contribution in [0.1, 0.15) is 55.1 Å². The lowest BCUT2D eigenvalue weighted by atomic mass is 9.99. The molecule has 1 saturated heterocycles. The number of hydrogen-bond acceptors (Lipinski definition) is 5. The molecule has 3 heterocycles. The zero-order valence-corrected chi connectivity index (χ0v) is 17.4. The first-order valence-electron chi connectivity index (χ1n) is 10.4. The Bertz CT molecular complexity index is 818. The van der Waals surface area contributed by atoms with Crippen LogP contribution in [-0.2, 0) is 19.3 Å². The highest BCUT2D eigenvalue weighted by atomic mass is 19.4. The van der Waals surface area contributed by atoms with Gasteiger partial charge in [0.15, 0.2) is 0 Å². The molecule has 8 heteroatoms. The predicted octanol–water partition coefficient (Wildman–Crippen LogP) is 4.12. The molecule has 5 nitrogen and oxygen atoms in total. The number of aliphatic hydroxyl groups excluding tert-OH is 1. The van der Waals surface area contributed by atoms with Gasteiger partial charge in [-0.25, -0.2) is 4.98 Å². The summed E-state index contributed by atoms with van der Waals surface area (Å²) in [7, 11) is 0. The fourth-order valence-corrected chi connectivity index (χ4v) is 3.63. The summed E-state index contributed by atoms with van der Waals surface area (Å²) < 4.78 is 39.6. The molecule has 1 aliphatic rings. The maximum absolute atomic E-state index is 13.2. The van der Waals surface area contributed by atoms with E-state index in [9.17, 15) is 13.2 Å². The number of pyridine rings is 2. The largest absolute Gasteiger partial charge is 0.433 e. The van der Waals surface area contributed by atoms with Crippen molar-refractivity contribution < 1.29 is 18.3 Å². The molecular formula is C22H29F3N4O. The molecule has 30 heavy (non-hydrogen) atoms. The van der Waals surface area contributed by atoms with Crippen LogP contribution in [0.4, 0.5) is 19.0 Å². The topological polar surface area (TPSA) is 61.3 Å². The molecule has 1 atom stereocenters. The first-order chi connectivity index (χ1) is 14.3. The number of rotatable bonds is 7. The van der Waals surface area contributed by atoms with Crippen molar-refractivity contribution in [1.29, 1.82) is 0 Å². The third-order valence-electron chi connectivity index (χ3n) is 5.67. The number of hydrogen-bond donors (Lipinski definition) is 2. The van der Waals surface area contributed by atoms with E-state index < -0.39 is 11.9 Å². The zero-order valence-electron chi connectivity index (χ0n) is 17.4. The van der Waals surface area contributed by atoms with Crippen LogP contribution in [0, 0.1) is 5.92 Å². The number of alkyl halides is 3. The Kier molecular flexibility index (Phi) is 7.31. The lowest BCUT2D eigenvalue weighted by Crippen LogP contribution is -2.35. The van der Waals surface area contributed by atoms with Gasteiger partial charge in [0.25, 0.3) is 0 Å². The molecule has 0 spiro atoms. The van der Waals surface area contributed by atoms with E-state index in [1.54, 1.807) is 18.3 Å². The van der Waals surface area contributed by atoms with Crippen LogP contribution < -0.4 is 10.2 Å². The number of halogens is 3.